The molecular formula is C12H10N4. The molecule has 2 rings (SSSR count). The van der Waals surface area contributed by atoms with Gasteiger partial charge in [0.2, 0.25) is 0 Å². The summed E-state index contributed by atoms with van der Waals surface area (Å²) < 4.78 is 0. The molecule has 78 valence electrons. The van der Waals surface area contributed by atoms with Crippen LogP contribution in [0.3, 0.4) is 0 Å². The Morgan fingerprint density at radius 3 is 2.69 bits per heavy atom. The average molecular weight is 210 g/mol. The number of hydrogen-bond donors (Lipinski definition) is 1. The molecule has 1 unspecified atom stereocenters. The third-order valence-corrected chi connectivity index (χ3v) is 3.24. The maximum atomic E-state index is 9.26. The molecule has 16 heavy (non-hydrogen) atoms. The van der Waals surface area contributed by atoms with Crippen LogP contribution in [-0.2, 0) is 0 Å². The Morgan fingerprint density at radius 1 is 1.31 bits per heavy atom. The highest BCUT2D eigenvalue weighted by Gasteiger charge is 2.48. The summed E-state index contributed by atoms with van der Waals surface area (Å²) in [7, 11) is 0. The smallest absolute Gasteiger partial charge is 0.187 e. The predicted octanol–water partition coefficient (Wildman–Crippen LogP) is 1.71. The monoisotopic (exact) mass is 210 g/mol. The first kappa shape index (κ1) is 10.3. The van der Waals surface area contributed by atoms with Crippen LogP contribution < -0.4 is 5.32 Å². The summed E-state index contributed by atoms with van der Waals surface area (Å²) in [6, 6.07) is 6.03. The Bertz CT molecular complexity index is 479. The molecule has 0 saturated carbocycles. The molecule has 0 fully saturated rings. The molecule has 0 radical (unpaired) electrons. The molecule has 2 aliphatic rings. The quantitative estimate of drug-likeness (QED) is 0.659. The first-order valence-corrected chi connectivity index (χ1v) is 5.18. The number of fused-ring (bicyclic) bond motifs is 1. The molecule has 0 saturated heterocycles. The molecule has 1 atom stereocenters. The summed E-state index contributed by atoms with van der Waals surface area (Å²) in [6.07, 6.45) is 6.20. The minimum absolute atomic E-state index is 0.184. The Hall–Kier alpha value is -2.25. The van der Waals surface area contributed by atoms with E-state index in [1.807, 2.05) is 24.3 Å². The molecule has 0 amide bonds. The number of allylic oxidation sites excluding steroid dienone is 3. The normalized spacial score (nSPS) is 25.7. The average Bonchev–Trinajstić information content (AvgIpc) is 2.37. The van der Waals surface area contributed by atoms with Gasteiger partial charge in [-0.15, -0.1) is 0 Å². The molecule has 1 N–H and O–H groups in total. The third-order valence-electron chi connectivity index (χ3n) is 3.24. The van der Waals surface area contributed by atoms with Crippen molar-refractivity contribution in [2.45, 2.75) is 19.3 Å². The van der Waals surface area contributed by atoms with Crippen LogP contribution in [-0.4, -0.2) is 0 Å². The van der Waals surface area contributed by atoms with Crippen LogP contribution in [0.2, 0.25) is 0 Å². The van der Waals surface area contributed by atoms with Crippen LogP contribution in [0.4, 0.5) is 0 Å². The summed E-state index contributed by atoms with van der Waals surface area (Å²) in [5.74, 6) is -0.184. The van der Waals surface area contributed by atoms with Crippen molar-refractivity contribution >= 4 is 0 Å². The number of hydrogen-bond acceptors (Lipinski definition) is 4. The van der Waals surface area contributed by atoms with Crippen LogP contribution in [0.25, 0.3) is 0 Å². The minimum atomic E-state index is -1.30. The third kappa shape index (κ3) is 1.19. The first-order chi connectivity index (χ1) is 7.78. The Morgan fingerprint density at radius 2 is 2.06 bits per heavy atom. The van der Waals surface area contributed by atoms with Gasteiger partial charge in [0.1, 0.15) is 0 Å². The minimum Gasteiger partial charge on any atom is -0.364 e. The molecule has 0 spiro atoms. The van der Waals surface area contributed by atoms with Gasteiger partial charge in [0.25, 0.3) is 0 Å². The SMILES string of the molecule is N#CC1=CNC2=CCCCC2C1(C#N)C#N. The fourth-order valence-corrected chi connectivity index (χ4v) is 2.37. The highest BCUT2D eigenvalue weighted by atomic mass is 14.9. The molecule has 0 aromatic carbocycles. The number of nitrogens with one attached hydrogen (secondary N) is 1. The lowest BCUT2D eigenvalue weighted by atomic mass is 9.66. The number of nitrogens with zero attached hydrogens (tertiary/aromatic N) is 3. The molecule has 4 heteroatoms. The van der Waals surface area contributed by atoms with Crippen LogP contribution in [0.1, 0.15) is 19.3 Å². The second-order valence-corrected chi connectivity index (χ2v) is 3.99. The van der Waals surface area contributed by atoms with Gasteiger partial charge in [0, 0.05) is 17.8 Å². The largest absolute Gasteiger partial charge is 0.364 e. The zero-order valence-corrected chi connectivity index (χ0v) is 8.70. The Labute approximate surface area is 94.1 Å². The molecular weight excluding hydrogens is 200 g/mol. The molecule has 0 aromatic rings. The van der Waals surface area contributed by atoms with Gasteiger partial charge in [-0.25, -0.2) is 0 Å². The van der Waals surface area contributed by atoms with Crippen molar-refractivity contribution in [3.63, 3.8) is 0 Å². The topological polar surface area (TPSA) is 83.4 Å². The van der Waals surface area contributed by atoms with E-state index in [1.165, 1.54) is 6.20 Å². The predicted molar refractivity (Wildman–Crippen MR) is 55.9 cm³/mol. The van der Waals surface area contributed by atoms with Crippen LogP contribution in [0.15, 0.2) is 23.5 Å². The summed E-state index contributed by atoms with van der Waals surface area (Å²) in [6.45, 7) is 0. The van der Waals surface area contributed by atoms with E-state index < -0.39 is 5.41 Å². The number of nitriles is 3. The van der Waals surface area contributed by atoms with Gasteiger partial charge < -0.3 is 5.32 Å². The summed E-state index contributed by atoms with van der Waals surface area (Å²) >= 11 is 0. The van der Waals surface area contributed by atoms with Crippen molar-refractivity contribution in [3.05, 3.63) is 23.5 Å². The van der Waals surface area contributed by atoms with Gasteiger partial charge in [-0.3, -0.25) is 0 Å². The first-order valence-electron chi connectivity index (χ1n) is 5.18. The van der Waals surface area contributed by atoms with E-state index in [0.717, 1.165) is 25.0 Å². The lowest BCUT2D eigenvalue weighted by Gasteiger charge is -2.36. The van der Waals surface area contributed by atoms with E-state index in [4.69, 9.17) is 5.26 Å². The zero-order chi connectivity index (χ0) is 11.6. The van der Waals surface area contributed by atoms with Gasteiger partial charge in [0.15, 0.2) is 5.41 Å². The molecule has 1 aliphatic heterocycles. The second-order valence-electron chi connectivity index (χ2n) is 3.99. The van der Waals surface area contributed by atoms with Crippen molar-refractivity contribution in [2.24, 2.45) is 11.3 Å². The molecule has 4 nitrogen and oxygen atoms in total. The van der Waals surface area contributed by atoms with E-state index in [2.05, 4.69) is 5.32 Å². The standard InChI is InChI=1S/C12H10N4/c13-5-9-6-16-11-4-2-1-3-10(11)12(9,7-14)8-15/h4,6,10,16H,1-3H2. The van der Waals surface area contributed by atoms with Crippen molar-refractivity contribution in [1.29, 1.82) is 15.8 Å². The van der Waals surface area contributed by atoms with E-state index in [9.17, 15) is 10.5 Å². The zero-order valence-electron chi connectivity index (χ0n) is 8.70. The molecule has 0 bridgehead atoms. The Balaban J connectivity index is 2.58. The lowest BCUT2D eigenvalue weighted by molar-refractivity contribution is 0.350. The Kier molecular flexibility index (Phi) is 2.39. The fraction of sp³-hybridized carbons (Fsp3) is 0.417. The van der Waals surface area contributed by atoms with E-state index in [-0.39, 0.29) is 11.5 Å². The van der Waals surface area contributed by atoms with Crippen molar-refractivity contribution in [2.75, 3.05) is 0 Å². The fourth-order valence-electron chi connectivity index (χ4n) is 2.37. The summed E-state index contributed by atoms with van der Waals surface area (Å²) in [5.41, 5.74) is -0.165. The number of rotatable bonds is 0. The van der Waals surface area contributed by atoms with Gasteiger partial charge in [0.05, 0.1) is 23.8 Å². The molecule has 1 heterocycles. The van der Waals surface area contributed by atoms with Crippen molar-refractivity contribution < 1.29 is 0 Å². The second kappa shape index (κ2) is 3.72. The van der Waals surface area contributed by atoms with Gasteiger partial charge >= 0.3 is 0 Å². The van der Waals surface area contributed by atoms with Crippen LogP contribution in [0, 0.1) is 45.3 Å². The lowest BCUT2D eigenvalue weighted by Crippen LogP contribution is -2.39. The van der Waals surface area contributed by atoms with Crippen LogP contribution >= 0.6 is 0 Å². The van der Waals surface area contributed by atoms with E-state index >= 15 is 0 Å². The summed E-state index contributed by atoms with van der Waals surface area (Å²) in [4.78, 5) is 0. The summed E-state index contributed by atoms with van der Waals surface area (Å²) in [5, 5.41) is 30.5. The highest BCUT2D eigenvalue weighted by molar-refractivity contribution is 5.48. The molecule has 0 aromatic heterocycles. The van der Waals surface area contributed by atoms with Gasteiger partial charge in [-0.2, -0.15) is 15.8 Å². The highest BCUT2D eigenvalue weighted by Crippen LogP contribution is 2.45. The van der Waals surface area contributed by atoms with Gasteiger partial charge in [-0.1, -0.05) is 6.08 Å². The van der Waals surface area contributed by atoms with E-state index in [1.54, 1.807) is 0 Å². The molecule has 1 aliphatic carbocycles. The van der Waals surface area contributed by atoms with Crippen molar-refractivity contribution in [3.8, 4) is 18.2 Å². The van der Waals surface area contributed by atoms with Gasteiger partial charge in [-0.05, 0) is 19.3 Å². The van der Waals surface area contributed by atoms with Crippen LogP contribution in [0.5, 0.6) is 0 Å². The maximum Gasteiger partial charge on any atom is 0.187 e. The van der Waals surface area contributed by atoms with Crippen molar-refractivity contribution in [1.82, 2.24) is 5.32 Å². The van der Waals surface area contributed by atoms with E-state index in [0.29, 0.717) is 0 Å². The maximum absolute atomic E-state index is 9.26.